The SMILES string of the molecule is COc1ccccc1Oc1ccc(N2C(=O)[C@@H]3[C@@H]4CC[C@@H](C4)[C@@H]3C2=O)cc1. The van der Waals surface area contributed by atoms with E-state index in [4.69, 9.17) is 9.47 Å². The molecule has 2 aromatic carbocycles. The van der Waals surface area contributed by atoms with E-state index in [0.29, 0.717) is 34.8 Å². The Balaban J connectivity index is 1.38. The number of ether oxygens (including phenoxy) is 2. The third kappa shape index (κ3) is 2.45. The minimum Gasteiger partial charge on any atom is -0.493 e. The van der Waals surface area contributed by atoms with E-state index in [1.807, 2.05) is 24.3 Å². The highest BCUT2D eigenvalue weighted by Crippen LogP contribution is 2.56. The largest absolute Gasteiger partial charge is 0.493 e. The number of rotatable bonds is 4. The first-order valence-corrected chi connectivity index (χ1v) is 9.46. The van der Waals surface area contributed by atoms with Gasteiger partial charge >= 0.3 is 0 Å². The van der Waals surface area contributed by atoms with Crippen molar-refractivity contribution in [3.05, 3.63) is 48.5 Å². The van der Waals surface area contributed by atoms with Gasteiger partial charge in [-0.1, -0.05) is 12.1 Å². The molecule has 1 aliphatic heterocycles. The normalized spacial score (nSPS) is 28.6. The number of hydrogen-bond donors (Lipinski definition) is 0. The van der Waals surface area contributed by atoms with Crippen LogP contribution in [0.2, 0.25) is 0 Å². The van der Waals surface area contributed by atoms with Gasteiger partial charge in [-0.2, -0.15) is 0 Å². The second-order valence-corrected chi connectivity index (χ2v) is 7.64. The van der Waals surface area contributed by atoms with E-state index in [9.17, 15) is 9.59 Å². The van der Waals surface area contributed by atoms with Crippen LogP contribution >= 0.6 is 0 Å². The quantitative estimate of drug-likeness (QED) is 0.770. The highest BCUT2D eigenvalue weighted by atomic mass is 16.5. The Labute approximate surface area is 157 Å². The molecule has 27 heavy (non-hydrogen) atoms. The van der Waals surface area contributed by atoms with Crippen molar-refractivity contribution in [1.82, 2.24) is 0 Å². The van der Waals surface area contributed by atoms with Crippen molar-refractivity contribution in [3.8, 4) is 17.2 Å². The van der Waals surface area contributed by atoms with Gasteiger partial charge in [0.15, 0.2) is 11.5 Å². The molecule has 5 heteroatoms. The molecule has 5 nitrogen and oxygen atoms in total. The smallest absolute Gasteiger partial charge is 0.237 e. The lowest BCUT2D eigenvalue weighted by atomic mass is 9.81. The zero-order valence-corrected chi connectivity index (χ0v) is 15.1. The summed E-state index contributed by atoms with van der Waals surface area (Å²) >= 11 is 0. The fourth-order valence-corrected chi connectivity index (χ4v) is 5.16. The second kappa shape index (κ2) is 6.12. The molecule has 0 N–H and O–H groups in total. The van der Waals surface area contributed by atoms with E-state index in [-0.39, 0.29) is 23.7 Å². The van der Waals surface area contributed by atoms with E-state index in [1.165, 1.54) is 4.90 Å². The standard InChI is InChI=1S/C22H21NO4/c1-26-17-4-2-3-5-18(17)27-16-10-8-15(9-11-16)23-21(24)19-13-6-7-14(12-13)20(19)22(23)25/h2-5,8-11,13-14,19-20H,6-7,12H2,1H3/t13-,14+,19-,20+. The van der Waals surface area contributed by atoms with Gasteiger partial charge in [0.2, 0.25) is 11.8 Å². The number of imide groups is 1. The number of anilines is 1. The van der Waals surface area contributed by atoms with Crippen LogP contribution < -0.4 is 14.4 Å². The predicted molar refractivity (Wildman–Crippen MR) is 99.8 cm³/mol. The summed E-state index contributed by atoms with van der Waals surface area (Å²) in [6, 6.07) is 14.5. The average molecular weight is 363 g/mol. The lowest BCUT2D eigenvalue weighted by Gasteiger charge is -2.19. The molecule has 2 bridgehead atoms. The van der Waals surface area contributed by atoms with Crippen molar-refractivity contribution >= 4 is 17.5 Å². The summed E-state index contributed by atoms with van der Waals surface area (Å²) in [6.07, 6.45) is 3.22. The number of hydrogen-bond acceptors (Lipinski definition) is 4. The van der Waals surface area contributed by atoms with Crippen molar-refractivity contribution in [2.45, 2.75) is 19.3 Å². The molecule has 138 valence electrons. The van der Waals surface area contributed by atoms with Gasteiger partial charge in [0, 0.05) is 0 Å². The summed E-state index contributed by atoms with van der Waals surface area (Å²) < 4.78 is 11.2. The Bertz CT molecular complexity index is 879. The number of fused-ring (bicyclic) bond motifs is 5. The monoisotopic (exact) mass is 363 g/mol. The zero-order chi connectivity index (χ0) is 18.5. The first kappa shape index (κ1) is 16.4. The van der Waals surface area contributed by atoms with Gasteiger partial charge in [0.1, 0.15) is 5.75 Å². The summed E-state index contributed by atoms with van der Waals surface area (Å²) in [4.78, 5) is 27.2. The zero-order valence-electron chi connectivity index (χ0n) is 15.1. The van der Waals surface area contributed by atoms with Gasteiger partial charge in [-0.3, -0.25) is 14.5 Å². The molecule has 3 fully saturated rings. The molecule has 0 radical (unpaired) electrons. The molecule has 0 spiro atoms. The summed E-state index contributed by atoms with van der Waals surface area (Å²) in [7, 11) is 1.60. The third-order valence-corrected chi connectivity index (χ3v) is 6.32. The maximum absolute atomic E-state index is 12.9. The molecule has 0 aromatic heterocycles. The fraction of sp³-hybridized carbons (Fsp3) is 0.364. The summed E-state index contributed by atoms with van der Waals surface area (Å²) in [5.41, 5.74) is 0.631. The van der Waals surface area contributed by atoms with Crippen LogP contribution in [-0.2, 0) is 9.59 Å². The van der Waals surface area contributed by atoms with Crippen molar-refractivity contribution in [1.29, 1.82) is 0 Å². The van der Waals surface area contributed by atoms with Crippen LogP contribution in [0.25, 0.3) is 0 Å². The highest BCUT2D eigenvalue weighted by Gasteiger charge is 2.61. The van der Waals surface area contributed by atoms with E-state index in [2.05, 4.69) is 0 Å². The maximum atomic E-state index is 12.9. The van der Waals surface area contributed by atoms with Gasteiger partial charge in [-0.25, -0.2) is 0 Å². The molecule has 1 heterocycles. The summed E-state index contributed by atoms with van der Waals surface area (Å²) in [5.74, 6) is 2.46. The van der Waals surface area contributed by atoms with Gasteiger partial charge in [-0.15, -0.1) is 0 Å². The van der Waals surface area contributed by atoms with Crippen molar-refractivity contribution in [2.24, 2.45) is 23.7 Å². The van der Waals surface area contributed by atoms with E-state index in [0.717, 1.165) is 19.3 Å². The van der Waals surface area contributed by atoms with Crippen molar-refractivity contribution < 1.29 is 19.1 Å². The predicted octanol–water partition coefficient (Wildman–Crippen LogP) is 4.02. The first-order valence-electron chi connectivity index (χ1n) is 9.46. The Morgan fingerprint density at radius 3 is 2.04 bits per heavy atom. The number of amides is 2. The number of carbonyl (C=O) groups excluding carboxylic acids is 2. The molecule has 2 amide bonds. The Hall–Kier alpha value is -2.82. The van der Waals surface area contributed by atoms with Gasteiger partial charge in [0.05, 0.1) is 24.6 Å². The summed E-state index contributed by atoms with van der Waals surface area (Å²) in [5, 5.41) is 0. The summed E-state index contributed by atoms with van der Waals surface area (Å²) in [6.45, 7) is 0. The number of benzene rings is 2. The van der Waals surface area contributed by atoms with Crippen LogP contribution in [0.1, 0.15) is 19.3 Å². The van der Waals surface area contributed by atoms with Crippen LogP contribution in [0, 0.1) is 23.7 Å². The minimum absolute atomic E-state index is 0.0180. The Morgan fingerprint density at radius 2 is 1.44 bits per heavy atom. The number of carbonyl (C=O) groups is 2. The molecule has 5 rings (SSSR count). The van der Waals surface area contributed by atoms with E-state index < -0.39 is 0 Å². The topological polar surface area (TPSA) is 55.8 Å². The molecule has 3 aliphatic rings. The van der Waals surface area contributed by atoms with Gasteiger partial charge < -0.3 is 9.47 Å². The first-order chi connectivity index (χ1) is 13.2. The number of nitrogens with zero attached hydrogens (tertiary/aromatic N) is 1. The maximum Gasteiger partial charge on any atom is 0.237 e. The lowest BCUT2D eigenvalue weighted by molar-refractivity contribution is -0.123. The van der Waals surface area contributed by atoms with Crippen molar-refractivity contribution in [2.75, 3.05) is 12.0 Å². The molecule has 2 saturated carbocycles. The van der Waals surface area contributed by atoms with Crippen LogP contribution in [-0.4, -0.2) is 18.9 Å². The van der Waals surface area contributed by atoms with Crippen LogP contribution in [0.5, 0.6) is 17.2 Å². The Kier molecular flexibility index (Phi) is 3.71. The lowest BCUT2D eigenvalue weighted by Crippen LogP contribution is -2.32. The van der Waals surface area contributed by atoms with Crippen LogP contribution in [0.15, 0.2) is 48.5 Å². The van der Waals surface area contributed by atoms with E-state index in [1.54, 1.807) is 31.4 Å². The molecule has 2 aliphatic carbocycles. The number of para-hydroxylation sites is 2. The molecule has 1 saturated heterocycles. The van der Waals surface area contributed by atoms with Crippen molar-refractivity contribution in [3.63, 3.8) is 0 Å². The fourth-order valence-electron chi connectivity index (χ4n) is 5.16. The number of methoxy groups -OCH3 is 1. The molecule has 2 aromatic rings. The minimum atomic E-state index is -0.0965. The van der Waals surface area contributed by atoms with Gasteiger partial charge in [0.25, 0.3) is 0 Å². The second-order valence-electron chi connectivity index (χ2n) is 7.64. The van der Waals surface area contributed by atoms with Crippen LogP contribution in [0.4, 0.5) is 5.69 Å². The van der Waals surface area contributed by atoms with Crippen LogP contribution in [0.3, 0.4) is 0 Å². The Morgan fingerprint density at radius 1 is 0.852 bits per heavy atom. The molecular formula is C22H21NO4. The van der Waals surface area contributed by atoms with E-state index >= 15 is 0 Å². The molecule has 0 unspecified atom stereocenters. The van der Waals surface area contributed by atoms with Gasteiger partial charge in [-0.05, 0) is 67.5 Å². The molecular weight excluding hydrogens is 342 g/mol. The average Bonchev–Trinajstić information content (AvgIpc) is 3.37. The molecule has 4 atom stereocenters. The highest BCUT2D eigenvalue weighted by molar-refractivity contribution is 6.22. The third-order valence-electron chi connectivity index (χ3n) is 6.32.